The number of nitrogens with one attached hydrogen (secondary N) is 2. The molecule has 2 amide bonds. The molecular formula is C12H23N3O2. The highest BCUT2D eigenvalue weighted by molar-refractivity contribution is 5.87. The van der Waals surface area contributed by atoms with Crippen molar-refractivity contribution in [2.24, 2.45) is 5.73 Å². The van der Waals surface area contributed by atoms with E-state index < -0.39 is 11.9 Å². The van der Waals surface area contributed by atoms with E-state index in [1.807, 2.05) is 13.8 Å². The van der Waals surface area contributed by atoms with Gasteiger partial charge in [-0.2, -0.15) is 0 Å². The summed E-state index contributed by atoms with van der Waals surface area (Å²) in [6.07, 6.45) is 4.62. The second-order valence-electron chi connectivity index (χ2n) is 5.03. The van der Waals surface area contributed by atoms with E-state index in [0.29, 0.717) is 6.04 Å². The molecule has 1 fully saturated rings. The highest BCUT2D eigenvalue weighted by Gasteiger charge is 2.24. The second-order valence-corrected chi connectivity index (χ2v) is 5.03. The lowest BCUT2D eigenvalue weighted by atomic mass is 10.1. The van der Waals surface area contributed by atoms with Gasteiger partial charge in [0.15, 0.2) is 0 Å². The van der Waals surface area contributed by atoms with Crippen molar-refractivity contribution >= 4 is 11.8 Å². The average molecular weight is 241 g/mol. The standard InChI is InChI=1S/C12H23N3O2/c1-8(2)14-11(16)7-10(12(13)17)15-9-5-3-4-6-9/h8-10,15H,3-7H2,1-2H3,(H2,13,17)(H,14,16). The molecule has 0 aromatic heterocycles. The number of hydrogen-bond acceptors (Lipinski definition) is 3. The van der Waals surface area contributed by atoms with Crippen molar-refractivity contribution < 1.29 is 9.59 Å². The lowest BCUT2D eigenvalue weighted by Gasteiger charge is -2.20. The molecule has 1 aliphatic rings. The quantitative estimate of drug-likeness (QED) is 0.625. The van der Waals surface area contributed by atoms with Crippen molar-refractivity contribution in [3.05, 3.63) is 0 Å². The van der Waals surface area contributed by atoms with Crippen LogP contribution in [-0.2, 0) is 9.59 Å². The summed E-state index contributed by atoms with van der Waals surface area (Å²) in [5.41, 5.74) is 5.31. The first-order valence-electron chi connectivity index (χ1n) is 6.33. The molecular weight excluding hydrogens is 218 g/mol. The highest BCUT2D eigenvalue weighted by Crippen LogP contribution is 2.18. The number of carbonyl (C=O) groups is 2. The molecule has 5 heteroatoms. The Morgan fingerprint density at radius 3 is 2.35 bits per heavy atom. The maximum Gasteiger partial charge on any atom is 0.235 e. The van der Waals surface area contributed by atoms with Crippen LogP contribution in [0.15, 0.2) is 0 Å². The first-order chi connectivity index (χ1) is 7.99. The van der Waals surface area contributed by atoms with E-state index in [2.05, 4.69) is 10.6 Å². The summed E-state index contributed by atoms with van der Waals surface area (Å²) in [6, 6.07) is -0.126. The Morgan fingerprint density at radius 2 is 1.88 bits per heavy atom. The van der Waals surface area contributed by atoms with Gasteiger partial charge >= 0.3 is 0 Å². The summed E-state index contributed by atoms with van der Waals surface area (Å²) in [4.78, 5) is 22.9. The average Bonchev–Trinajstić information content (AvgIpc) is 2.67. The van der Waals surface area contributed by atoms with Crippen LogP contribution in [-0.4, -0.2) is 29.9 Å². The highest BCUT2D eigenvalue weighted by atomic mass is 16.2. The van der Waals surface area contributed by atoms with Crippen molar-refractivity contribution in [2.75, 3.05) is 0 Å². The summed E-state index contributed by atoms with van der Waals surface area (Å²) in [6.45, 7) is 3.78. The van der Waals surface area contributed by atoms with Crippen molar-refractivity contribution in [1.29, 1.82) is 0 Å². The monoisotopic (exact) mass is 241 g/mol. The third-order valence-corrected chi connectivity index (χ3v) is 2.97. The summed E-state index contributed by atoms with van der Waals surface area (Å²) in [7, 11) is 0. The zero-order chi connectivity index (χ0) is 12.8. The van der Waals surface area contributed by atoms with Gasteiger partial charge in [0, 0.05) is 12.1 Å². The van der Waals surface area contributed by atoms with Gasteiger partial charge in [-0.05, 0) is 26.7 Å². The third kappa shape index (κ3) is 5.17. The van der Waals surface area contributed by atoms with Crippen LogP contribution in [0.1, 0.15) is 46.0 Å². The summed E-state index contributed by atoms with van der Waals surface area (Å²) in [5, 5.41) is 5.95. The molecule has 1 rings (SSSR count). The number of nitrogens with two attached hydrogens (primary N) is 1. The van der Waals surface area contributed by atoms with Gasteiger partial charge in [0.2, 0.25) is 11.8 Å². The Kier molecular flexibility index (Phi) is 5.41. The predicted molar refractivity (Wildman–Crippen MR) is 66.3 cm³/mol. The van der Waals surface area contributed by atoms with E-state index in [0.717, 1.165) is 12.8 Å². The Labute approximate surface area is 103 Å². The van der Waals surface area contributed by atoms with Crippen LogP contribution in [0.3, 0.4) is 0 Å². The number of primary amides is 1. The molecule has 0 saturated heterocycles. The fourth-order valence-electron chi connectivity index (χ4n) is 2.18. The van der Waals surface area contributed by atoms with Gasteiger partial charge in [-0.15, -0.1) is 0 Å². The summed E-state index contributed by atoms with van der Waals surface area (Å²) < 4.78 is 0. The zero-order valence-electron chi connectivity index (χ0n) is 10.7. The Hall–Kier alpha value is -1.10. The van der Waals surface area contributed by atoms with Gasteiger partial charge in [0.05, 0.1) is 12.5 Å². The summed E-state index contributed by atoms with van der Waals surface area (Å²) >= 11 is 0. The predicted octanol–water partition coefficient (Wildman–Crippen LogP) is 0.287. The van der Waals surface area contributed by atoms with E-state index in [9.17, 15) is 9.59 Å². The van der Waals surface area contributed by atoms with Crippen molar-refractivity contribution in [3.63, 3.8) is 0 Å². The van der Waals surface area contributed by atoms with E-state index in [-0.39, 0.29) is 18.4 Å². The Balaban J connectivity index is 2.42. The molecule has 0 spiro atoms. The largest absolute Gasteiger partial charge is 0.368 e. The van der Waals surface area contributed by atoms with Crippen LogP contribution in [0.25, 0.3) is 0 Å². The Bertz CT molecular complexity index is 273. The second kappa shape index (κ2) is 6.59. The van der Waals surface area contributed by atoms with Crippen LogP contribution in [0.5, 0.6) is 0 Å². The minimum Gasteiger partial charge on any atom is -0.368 e. The van der Waals surface area contributed by atoms with Gasteiger partial charge in [0.1, 0.15) is 0 Å². The van der Waals surface area contributed by atoms with Gasteiger partial charge in [-0.1, -0.05) is 12.8 Å². The van der Waals surface area contributed by atoms with Crippen LogP contribution < -0.4 is 16.4 Å². The van der Waals surface area contributed by atoms with E-state index in [4.69, 9.17) is 5.73 Å². The van der Waals surface area contributed by atoms with Gasteiger partial charge in [0.25, 0.3) is 0 Å². The molecule has 1 atom stereocenters. The van der Waals surface area contributed by atoms with E-state index in [1.165, 1.54) is 12.8 Å². The molecule has 1 unspecified atom stereocenters. The van der Waals surface area contributed by atoms with Crippen molar-refractivity contribution in [2.45, 2.75) is 64.1 Å². The number of amides is 2. The van der Waals surface area contributed by atoms with Crippen LogP contribution >= 0.6 is 0 Å². The number of rotatable bonds is 6. The minimum atomic E-state index is -0.545. The van der Waals surface area contributed by atoms with Crippen LogP contribution in [0.4, 0.5) is 0 Å². The molecule has 17 heavy (non-hydrogen) atoms. The third-order valence-electron chi connectivity index (χ3n) is 2.97. The first-order valence-corrected chi connectivity index (χ1v) is 6.33. The lowest BCUT2D eigenvalue weighted by molar-refractivity contribution is -0.127. The number of hydrogen-bond donors (Lipinski definition) is 3. The fraction of sp³-hybridized carbons (Fsp3) is 0.833. The molecule has 0 bridgehead atoms. The summed E-state index contributed by atoms with van der Waals surface area (Å²) in [5.74, 6) is -0.579. The smallest absolute Gasteiger partial charge is 0.235 e. The normalized spacial score (nSPS) is 18.3. The van der Waals surface area contributed by atoms with E-state index in [1.54, 1.807) is 0 Å². The molecule has 0 radical (unpaired) electrons. The molecule has 0 aliphatic heterocycles. The van der Waals surface area contributed by atoms with Gasteiger partial charge < -0.3 is 16.4 Å². The minimum absolute atomic E-state index is 0.0857. The lowest BCUT2D eigenvalue weighted by Crippen LogP contribution is -2.48. The Morgan fingerprint density at radius 1 is 1.29 bits per heavy atom. The molecule has 4 N–H and O–H groups in total. The van der Waals surface area contributed by atoms with Crippen molar-refractivity contribution in [3.8, 4) is 0 Å². The molecule has 0 heterocycles. The van der Waals surface area contributed by atoms with E-state index >= 15 is 0 Å². The molecule has 1 saturated carbocycles. The van der Waals surface area contributed by atoms with Crippen LogP contribution in [0, 0.1) is 0 Å². The van der Waals surface area contributed by atoms with Gasteiger partial charge in [-0.25, -0.2) is 0 Å². The zero-order valence-corrected chi connectivity index (χ0v) is 10.7. The molecule has 98 valence electrons. The molecule has 5 nitrogen and oxygen atoms in total. The molecule has 0 aromatic rings. The number of carbonyl (C=O) groups excluding carboxylic acids is 2. The SMILES string of the molecule is CC(C)NC(=O)CC(NC1CCCC1)C(N)=O. The van der Waals surface area contributed by atoms with Gasteiger partial charge in [-0.3, -0.25) is 9.59 Å². The van der Waals surface area contributed by atoms with Crippen molar-refractivity contribution in [1.82, 2.24) is 10.6 Å². The topological polar surface area (TPSA) is 84.2 Å². The molecule has 0 aromatic carbocycles. The maximum absolute atomic E-state index is 11.6. The fourth-order valence-corrected chi connectivity index (χ4v) is 2.18. The first kappa shape index (κ1) is 14.0. The molecule has 1 aliphatic carbocycles. The van der Waals surface area contributed by atoms with Crippen LogP contribution in [0.2, 0.25) is 0 Å². The maximum atomic E-state index is 11.6.